The van der Waals surface area contributed by atoms with Crippen LogP contribution in [0.25, 0.3) is 0 Å². The minimum absolute atomic E-state index is 0.308. The molecule has 1 aliphatic heterocycles. The summed E-state index contributed by atoms with van der Waals surface area (Å²) in [4.78, 5) is 17.3. The summed E-state index contributed by atoms with van der Waals surface area (Å²) in [6.45, 7) is 5.31. The lowest BCUT2D eigenvalue weighted by Crippen LogP contribution is -2.35. The largest absolute Gasteiger partial charge is 0.303 e. The molecular formula is C12H18N2OS2. The van der Waals surface area contributed by atoms with E-state index in [0.717, 1.165) is 49.5 Å². The maximum absolute atomic E-state index is 10.6. The Bertz CT molecular complexity index is 359. The SMILES string of the molecule is Cc1ncc(SCCN2CCC(C=O)CC2)s1. The molecular weight excluding hydrogens is 252 g/mol. The fourth-order valence-corrected chi connectivity index (χ4v) is 4.02. The third-order valence-corrected chi connectivity index (χ3v) is 5.16. The van der Waals surface area contributed by atoms with Crippen LogP contribution < -0.4 is 0 Å². The van der Waals surface area contributed by atoms with E-state index in [1.165, 1.54) is 4.21 Å². The van der Waals surface area contributed by atoms with Gasteiger partial charge in [-0.05, 0) is 32.9 Å². The van der Waals surface area contributed by atoms with E-state index in [2.05, 4.69) is 9.88 Å². The zero-order valence-electron chi connectivity index (χ0n) is 10.1. The van der Waals surface area contributed by atoms with Gasteiger partial charge in [-0.25, -0.2) is 4.98 Å². The Balaban J connectivity index is 1.64. The molecule has 0 aliphatic carbocycles. The Morgan fingerprint density at radius 1 is 1.59 bits per heavy atom. The summed E-state index contributed by atoms with van der Waals surface area (Å²) >= 11 is 3.65. The van der Waals surface area contributed by atoms with E-state index in [9.17, 15) is 4.79 Å². The summed E-state index contributed by atoms with van der Waals surface area (Å²) in [5.41, 5.74) is 0. The number of thiazole rings is 1. The van der Waals surface area contributed by atoms with Crippen LogP contribution in [-0.2, 0) is 4.79 Å². The summed E-state index contributed by atoms with van der Waals surface area (Å²) < 4.78 is 1.31. The second-order valence-corrected chi connectivity index (χ2v) is 6.99. The lowest BCUT2D eigenvalue weighted by atomic mass is 9.99. The highest BCUT2D eigenvalue weighted by molar-refractivity contribution is 8.01. The van der Waals surface area contributed by atoms with E-state index in [1.807, 2.05) is 24.9 Å². The summed E-state index contributed by atoms with van der Waals surface area (Å²) in [6, 6.07) is 0. The lowest BCUT2D eigenvalue weighted by molar-refractivity contribution is -0.112. The molecule has 94 valence electrons. The zero-order chi connectivity index (χ0) is 12.1. The molecule has 0 atom stereocenters. The number of aldehydes is 1. The number of carbonyl (C=O) groups excluding carboxylic acids is 1. The Labute approximate surface area is 111 Å². The number of aryl methyl sites for hydroxylation is 1. The number of aromatic nitrogens is 1. The number of carbonyl (C=O) groups is 1. The molecule has 1 aromatic rings. The van der Waals surface area contributed by atoms with Crippen molar-refractivity contribution < 1.29 is 4.79 Å². The topological polar surface area (TPSA) is 33.2 Å². The molecule has 0 N–H and O–H groups in total. The first-order valence-corrected chi connectivity index (χ1v) is 7.81. The maximum atomic E-state index is 10.6. The first-order chi connectivity index (χ1) is 8.28. The van der Waals surface area contributed by atoms with Crippen LogP contribution in [0.3, 0.4) is 0 Å². The molecule has 0 spiro atoms. The van der Waals surface area contributed by atoms with Crippen molar-refractivity contribution in [3.63, 3.8) is 0 Å². The van der Waals surface area contributed by atoms with E-state index >= 15 is 0 Å². The minimum atomic E-state index is 0.308. The van der Waals surface area contributed by atoms with Crippen molar-refractivity contribution >= 4 is 29.4 Å². The fraction of sp³-hybridized carbons (Fsp3) is 0.667. The number of piperidine rings is 1. The number of likely N-dealkylation sites (tertiary alicyclic amines) is 1. The lowest BCUT2D eigenvalue weighted by Gasteiger charge is -2.29. The van der Waals surface area contributed by atoms with Crippen LogP contribution >= 0.6 is 23.1 Å². The van der Waals surface area contributed by atoms with Crippen molar-refractivity contribution in [1.82, 2.24) is 9.88 Å². The van der Waals surface area contributed by atoms with Crippen molar-refractivity contribution in [2.45, 2.75) is 24.0 Å². The first kappa shape index (κ1) is 13.1. The Morgan fingerprint density at radius 3 is 2.94 bits per heavy atom. The second-order valence-electron chi connectivity index (χ2n) is 4.36. The monoisotopic (exact) mass is 270 g/mol. The summed E-state index contributed by atoms with van der Waals surface area (Å²) in [6.07, 6.45) is 5.15. The van der Waals surface area contributed by atoms with Crippen molar-refractivity contribution in [3.8, 4) is 0 Å². The van der Waals surface area contributed by atoms with Crippen LogP contribution in [0.2, 0.25) is 0 Å². The molecule has 2 heterocycles. The van der Waals surface area contributed by atoms with Gasteiger partial charge in [0.1, 0.15) is 6.29 Å². The molecule has 0 unspecified atom stereocenters. The average molecular weight is 270 g/mol. The summed E-state index contributed by atoms with van der Waals surface area (Å²) in [5.74, 6) is 1.43. The van der Waals surface area contributed by atoms with Gasteiger partial charge in [-0.1, -0.05) is 0 Å². The normalized spacial score (nSPS) is 18.4. The molecule has 1 aliphatic rings. The Hall–Kier alpha value is -0.390. The van der Waals surface area contributed by atoms with Gasteiger partial charge in [0.05, 0.1) is 15.4 Å². The molecule has 0 radical (unpaired) electrons. The third-order valence-electron chi connectivity index (χ3n) is 3.08. The summed E-state index contributed by atoms with van der Waals surface area (Å²) in [5, 5.41) is 1.14. The van der Waals surface area contributed by atoms with Crippen LogP contribution in [-0.4, -0.2) is 41.6 Å². The second kappa shape index (κ2) is 6.52. The van der Waals surface area contributed by atoms with Gasteiger partial charge >= 0.3 is 0 Å². The highest BCUT2D eigenvalue weighted by Crippen LogP contribution is 2.25. The van der Waals surface area contributed by atoms with E-state index in [0.29, 0.717) is 5.92 Å². The van der Waals surface area contributed by atoms with Gasteiger partial charge in [-0.15, -0.1) is 23.1 Å². The van der Waals surface area contributed by atoms with Crippen LogP contribution in [0, 0.1) is 12.8 Å². The van der Waals surface area contributed by atoms with Gasteiger partial charge < -0.3 is 9.69 Å². The van der Waals surface area contributed by atoms with Gasteiger partial charge in [0.15, 0.2) is 0 Å². The van der Waals surface area contributed by atoms with Gasteiger partial charge in [0.25, 0.3) is 0 Å². The van der Waals surface area contributed by atoms with Crippen molar-refractivity contribution in [3.05, 3.63) is 11.2 Å². The minimum Gasteiger partial charge on any atom is -0.303 e. The molecule has 0 bridgehead atoms. The van der Waals surface area contributed by atoms with Crippen molar-refractivity contribution in [1.29, 1.82) is 0 Å². The number of hydrogen-bond donors (Lipinski definition) is 0. The standard InChI is InChI=1S/C12H18N2OS2/c1-10-13-8-12(17-10)16-7-6-14-4-2-11(9-15)3-5-14/h8-9,11H,2-7H2,1H3. The number of nitrogens with zero attached hydrogens (tertiary/aromatic N) is 2. The third kappa shape index (κ3) is 4.08. The molecule has 1 fully saturated rings. The first-order valence-electron chi connectivity index (χ1n) is 6.01. The number of rotatable bonds is 5. The Kier molecular flexibility index (Phi) is 5.00. The van der Waals surface area contributed by atoms with E-state index in [4.69, 9.17) is 0 Å². The van der Waals surface area contributed by atoms with Crippen molar-refractivity contribution in [2.75, 3.05) is 25.4 Å². The van der Waals surface area contributed by atoms with Gasteiger partial charge in [-0.2, -0.15) is 0 Å². The molecule has 0 aromatic carbocycles. The molecule has 0 amide bonds. The van der Waals surface area contributed by atoms with Crippen LogP contribution in [0.15, 0.2) is 10.4 Å². The highest BCUT2D eigenvalue weighted by Gasteiger charge is 2.17. The predicted molar refractivity (Wildman–Crippen MR) is 72.8 cm³/mol. The number of hydrogen-bond acceptors (Lipinski definition) is 5. The van der Waals surface area contributed by atoms with Gasteiger partial charge in [-0.3, -0.25) is 0 Å². The molecule has 1 aromatic heterocycles. The molecule has 17 heavy (non-hydrogen) atoms. The molecule has 2 rings (SSSR count). The number of thioether (sulfide) groups is 1. The zero-order valence-corrected chi connectivity index (χ0v) is 11.7. The van der Waals surface area contributed by atoms with Crippen LogP contribution in [0.5, 0.6) is 0 Å². The van der Waals surface area contributed by atoms with Crippen molar-refractivity contribution in [2.24, 2.45) is 5.92 Å². The van der Waals surface area contributed by atoms with Crippen LogP contribution in [0.4, 0.5) is 0 Å². The Morgan fingerprint density at radius 2 is 2.35 bits per heavy atom. The quantitative estimate of drug-likeness (QED) is 0.608. The van der Waals surface area contributed by atoms with E-state index in [1.54, 1.807) is 11.3 Å². The predicted octanol–water partition coefficient (Wildman–Crippen LogP) is 2.45. The molecule has 0 saturated carbocycles. The fourth-order valence-electron chi connectivity index (χ4n) is 2.00. The van der Waals surface area contributed by atoms with E-state index in [-0.39, 0.29) is 0 Å². The van der Waals surface area contributed by atoms with E-state index < -0.39 is 0 Å². The highest BCUT2D eigenvalue weighted by atomic mass is 32.2. The summed E-state index contributed by atoms with van der Waals surface area (Å²) in [7, 11) is 0. The molecule has 3 nitrogen and oxygen atoms in total. The van der Waals surface area contributed by atoms with Gasteiger partial charge in [0.2, 0.25) is 0 Å². The average Bonchev–Trinajstić information content (AvgIpc) is 2.76. The van der Waals surface area contributed by atoms with Crippen LogP contribution in [0.1, 0.15) is 17.8 Å². The smallest absolute Gasteiger partial charge is 0.123 e. The molecule has 1 saturated heterocycles. The molecule has 5 heteroatoms. The van der Waals surface area contributed by atoms with Gasteiger partial charge in [0, 0.05) is 18.2 Å². The maximum Gasteiger partial charge on any atom is 0.123 e.